The van der Waals surface area contributed by atoms with E-state index in [2.05, 4.69) is 22.8 Å². The first-order chi connectivity index (χ1) is 9.84. The van der Waals surface area contributed by atoms with Crippen LogP contribution in [0.3, 0.4) is 0 Å². The van der Waals surface area contributed by atoms with Gasteiger partial charge in [0.15, 0.2) is 0 Å². The molecule has 0 aromatic heterocycles. The maximum Gasteiger partial charge on any atom is 0.225 e. The summed E-state index contributed by atoms with van der Waals surface area (Å²) >= 11 is 0. The van der Waals surface area contributed by atoms with Gasteiger partial charge >= 0.3 is 0 Å². The van der Waals surface area contributed by atoms with Crippen LogP contribution >= 0.6 is 12.4 Å². The standard InChI is InChI=1S/C16H22N2O2.ClH/c19-16(14-9-17-10-14)18-11-13-7-4-8-20-15(13)12-5-2-1-3-6-12;/h1-3,5-6,13-15,17H,4,7-11H2,(H,18,19);1H. The summed E-state index contributed by atoms with van der Waals surface area (Å²) < 4.78 is 5.95. The van der Waals surface area contributed by atoms with Crippen LogP contribution in [0.2, 0.25) is 0 Å². The van der Waals surface area contributed by atoms with Crippen molar-refractivity contribution in [1.82, 2.24) is 10.6 Å². The third-order valence-corrected chi connectivity index (χ3v) is 4.26. The molecule has 1 aromatic rings. The predicted octanol–water partition coefficient (Wildman–Crippen LogP) is 1.91. The molecule has 1 aromatic carbocycles. The second-order valence-electron chi connectivity index (χ2n) is 5.70. The fourth-order valence-electron chi connectivity index (χ4n) is 2.91. The Morgan fingerprint density at radius 2 is 2.05 bits per heavy atom. The second kappa shape index (κ2) is 7.78. The monoisotopic (exact) mass is 310 g/mol. The zero-order valence-electron chi connectivity index (χ0n) is 12.1. The molecule has 0 aliphatic carbocycles. The van der Waals surface area contributed by atoms with Gasteiger partial charge in [-0.3, -0.25) is 4.79 Å². The summed E-state index contributed by atoms with van der Waals surface area (Å²) in [7, 11) is 0. The first kappa shape index (κ1) is 16.3. The van der Waals surface area contributed by atoms with Gasteiger partial charge in [0.1, 0.15) is 0 Å². The van der Waals surface area contributed by atoms with Gasteiger partial charge in [0.25, 0.3) is 0 Å². The highest BCUT2D eigenvalue weighted by Crippen LogP contribution is 2.33. The van der Waals surface area contributed by atoms with E-state index in [1.54, 1.807) is 0 Å². The van der Waals surface area contributed by atoms with Gasteiger partial charge in [0.05, 0.1) is 12.0 Å². The summed E-state index contributed by atoms with van der Waals surface area (Å²) in [5.41, 5.74) is 1.22. The molecule has 1 amide bonds. The van der Waals surface area contributed by atoms with Crippen molar-refractivity contribution in [1.29, 1.82) is 0 Å². The van der Waals surface area contributed by atoms with E-state index in [1.165, 1.54) is 5.56 Å². The van der Waals surface area contributed by atoms with Crippen molar-refractivity contribution in [2.24, 2.45) is 11.8 Å². The van der Waals surface area contributed by atoms with Crippen LogP contribution in [0.1, 0.15) is 24.5 Å². The van der Waals surface area contributed by atoms with Gasteiger partial charge < -0.3 is 15.4 Å². The van der Waals surface area contributed by atoms with E-state index < -0.39 is 0 Å². The first-order valence-electron chi connectivity index (χ1n) is 7.49. The molecule has 2 heterocycles. The van der Waals surface area contributed by atoms with Gasteiger partial charge in [-0.25, -0.2) is 0 Å². The Morgan fingerprint density at radius 3 is 2.71 bits per heavy atom. The maximum atomic E-state index is 11.9. The number of carbonyl (C=O) groups is 1. The van der Waals surface area contributed by atoms with Crippen molar-refractivity contribution in [3.63, 3.8) is 0 Å². The fraction of sp³-hybridized carbons (Fsp3) is 0.562. The summed E-state index contributed by atoms with van der Waals surface area (Å²) in [6, 6.07) is 10.3. The number of hydrogen-bond acceptors (Lipinski definition) is 3. The molecular weight excluding hydrogens is 288 g/mol. The SMILES string of the molecule is Cl.O=C(NCC1CCCOC1c1ccccc1)C1CNC1. The first-order valence-corrected chi connectivity index (χ1v) is 7.49. The Morgan fingerprint density at radius 1 is 1.29 bits per heavy atom. The molecule has 4 nitrogen and oxygen atoms in total. The van der Waals surface area contributed by atoms with Crippen molar-refractivity contribution in [3.8, 4) is 0 Å². The molecule has 2 unspecified atom stereocenters. The number of amides is 1. The molecule has 2 N–H and O–H groups in total. The lowest BCUT2D eigenvalue weighted by atomic mass is 9.89. The number of carbonyl (C=O) groups excluding carboxylic acids is 1. The van der Waals surface area contributed by atoms with Crippen LogP contribution in [-0.2, 0) is 9.53 Å². The van der Waals surface area contributed by atoms with E-state index in [1.807, 2.05) is 18.2 Å². The number of halogens is 1. The molecule has 0 saturated carbocycles. The number of ether oxygens (including phenoxy) is 1. The van der Waals surface area contributed by atoms with Crippen LogP contribution in [0.5, 0.6) is 0 Å². The van der Waals surface area contributed by atoms with Gasteiger partial charge in [-0.2, -0.15) is 0 Å². The van der Waals surface area contributed by atoms with Gasteiger partial charge in [0.2, 0.25) is 5.91 Å². The lowest BCUT2D eigenvalue weighted by Crippen LogP contribution is -2.51. The molecule has 2 aliphatic heterocycles. The molecule has 2 saturated heterocycles. The zero-order chi connectivity index (χ0) is 13.8. The molecule has 2 atom stereocenters. The van der Waals surface area contributed by atoms with E-state index in [9.17, 15) is 4.79 Å². The lowest BCUT2D eigenvalue weighted by Gasteiger charge is -2.33. The Hall–Kier alpha value is -1.10. The van der Waals surface area contributed by atoms with Gasteiger partial charge in [0, 0.05) is 32.2 Å². The van der Waals surface area contributed by atoms with Crippen LogP contribution in [-0.4, -0.2) is 32.1 Å². The third-order valence-electron chi connectivity index (χ3n) is 4.26. The predicted molar refractivity (Wildman–Crippen MR) is 84.5 cm³/mol. The molecule has 116 valence electrons. The fourth-order valence-corrected chi connectivity index (χ4v) is 2.91. The van der Waals surface area contributed by atoms with Gasteiger partial charge in [-0.1, -0.05) is 30.3 Å². The van der Waals surface area contributed by atoms with E-state index in [-0.39, 0.29) is 30.3 Å². The van der Waals surface area contributed by atoms with Crippen LogP contribution in [0.25, 0.3) is 0 Å². The summed E-state index contributed by atoms with van der Waals surface area (Å²) in [5.74, 6) is 0.721. The second-order valence-corrected chi connectivity index (χ2v) is 5.70. The number of hydrogen-bond donors (Lipinski definition) is 2. The highest BCUT2D eigenvalue weighted by molar-refractivity contribution is 5.85. The minimum atomic E-state index is 0. The van der Waals surface area contributed by atoms with E-state index in [4.69, 9.17) is 4.74 Å². The summed E-state index contributed by atoms with van der Waals surface area (Å²) in [6.45, 7) is 3.16. The smallest absolute Gasteiger partial charge is 0.225 e. The van der Waals surface area contributed by atoms with Crippen molar-refractivity contribution in [2.75, 3.05) is 26.2 Å². The molecule has 3 rings (SSSR count). The highest BCUT2D eigenvalue weighted by atomic mass is 35.5. The van der Waals surface area contributed by atoms with Crippen LogP contribution in [0, 0.1) is 11.8 Å². The van der Waals surface area contributed by atoms with Crippen molar-refractivity contribution >= 4 is 18.3 Å². The normalized spacial score (nSPS) is 25.5. The van der Waals surface area contributed by atoms with Crippen LogP contribution in [0.4, 0.5) is 0 Å². The molecule has 2 fully saturated rings. The van der Waals surface area contributed by atoms with E-state index in [0.29, 0.717) is 5.92 Å². The number of benzene rings is 1. The maximum absolute atomic E-state index is 11.9. The molecular formula is C16H23ClN2O2. The summed E-state index contributed by atoms with van der Waals surface area (Å²) in [5, 5.41) is 6.22. The summed E-state index contributed by atoms with van der Waals surface area (Å²) in [4.78, 5) is 11.9. The number of rotatable bonds is 4. The largest absolute Gasteiger partial charge is 0.373 e. The molecule has 0 bridgehead atoms. The molecule has 5 heteroatoms. The van der Waals surface area contributed by atoms with Crippen molar-refractivity contribution in [2.45, 2.75) is 18.9 Å². The van der Waals surface area contributed by atoms with E-state index >= 15 is 0 Å². The quantitative estimate of drug-likeness (QED) is 0.893. The molecule has 0 radical (unpaired) electrons. The minimum Gasteiger partial charge on any atom is -0.373 e. The Bertz CT molecular complexity index is 451. The Balaban J connectivity index is 0.00000161. The minimum absolute atomic E-state index is 0. The Labute approximate surface area is 132 Å². The third kappa shape index (κ3) is 3.96. The average Bonchev–Trinajstić information content (AvgIpc) is 2.44. The van der Waals surface area contributed by atoms with Crippen molar-refractivity contribution in [3.05, 3.63) is 35.9 Å². The van der Waals surface area contributed by atoms with Crippen LogP contribution in [0.15, 0.2) is 30.3 Å². The molecule has 2 aliphatic rings. The summed E-state index contributed by atoms with van der Waals surface area (Å²) in [6.07, 6.45) is 2.31. The highest BCUT2D eigenvalue weighted by Gasteiger charge is 2.30. The van der Waals surface area contributed by atoms with Crippen molar-refractivity contribution < 1.29 is 9.53 Å². The van der Waals surface area contributed by atoms with Gasteiger partial charge in [-0.05, 0) is 18.4 Å². The topological polar surface area (TPSA) is 50.4 Å². The molecule has 21 heavy (non-hydrogen) atoms. The van der Waals surface area contributed by atoms with Crippen LogP contribution < -0.4 is 10.6 Å². The average molecular weight is 311 g/mol. The Kier molecular flexibility index (Phi) is 6.03. The number of nitrogens with one attached hydrogen (secondary N) is 2. The molecule has 0 spiro atoms. The zero-order valence-corrected chi connectivity index (χ0v) is 12.9. The van der Waals surface area contributed by atoms with Gasteiger partial charge in [-0.15, -0.1) is 12.4 Å². The lowest BCUT2D eigenvalue weighted by molar-refractivity contribution is -0.127. The van der Waals surface area contributed by atoms with E-state index in [0.717, 1.165) is 39.1 Å².